The lowest BCUT2D eigenvalue weighted by Crippen LogP contribution is -2.54. The maximum atomic E-state index is 13.4. The van der Waals surface area contributed by atoms with E-state index in [9.17, 15) is 14.4 Å². The molecule has 2 aromatic carbocycles. The van der Waals surface area contributed by atoms with E-state index in [-0.39, 0.29) is 11.0 Å². The third kappa shape index (κ3) is 4.51. The smallest absolute Gasteiger partial charge is 0.335 e. The molecular formula is C29H28I2N2O4. The Bertz CT molecular complexity index is 1280. The van der Waals surface area contributed by atoms with Crippen LogP contribution >= 0.6 is 45.2 Å². The van der Waals surface area contributed by atoms with Gasteiger partial charge < -0.3 is 4.74 Å². The molecule has 2 aromatic rings. The van der Waals surface area contributed by atoms with Crippen LogP contribution in [0.15, 0.2) is 42.0 Å². The van der Waals surface area contributed by atoms with Gasteiger partial charge in [-0.05, 0) is 155 Å². The largest absolute Gasteiger partial charge is 0.492 e. The van der Waals surface area contributed by atoms with Gasteiger partial charge in [0.2, 0.25) is 0 Å². The number of imide groups is 2. The molecular weight excluding hydrogens is 694 g/mol. The first-order chi connectivity index (χ1) is 17.8. The standard InChI is InChI=1S/C29H28I2N2O4/c1-2-37-25-23(30)11-16(12-24(25)31)10-22-26(34)32-28(36)33(27(22)35)21-5-3-20(4-6-21)29-13-17-7-18(14-29)9-19(8-17)15-29/h3-6,10-12,17-19H,2,7-9,13-15H2,1H3,(H,32,34,36)/b22-10+. The van der Waals surface area contributed by atoms with Gasteiger partial charge in [0, 0.05) is 0 Å². The normalized spacial score (nSPS) is 29.7. The number of hydrogen-bond acceptors (Lipinski definition) is 4. The zero-order valence-electron chi connectivity index (χ0n) is 20.6. The first kappa shape index (κ1) is 25.3. The van der Waals surface area contributed by atoms with E-state index in [0.29, 0.717) is 17.9 Å². The molecule has 1 aliphatic heterocycles. The van der Waals surface area contributed by atoms with Gasteiger partial charge >= 0.3 is 6.03 Å². The van der Waals surface area contributed by atoms with Crippen molar-refractivity contribution in [3.63, 3.8) is 0 Å². The van der Waals surface area contributed by atoms with E-state index < -0.39 is 17.8 Å². The SMILES string of the molecule is CCOc1c(I)cc(/C=C2\C(=O)NC(=O)N(c3ccc(C45CC6CC(CC(C6)C4)C5)cc3)C2=O)cc1I. The van der Waals surface area contributed by atoms with Crippen LogP contribution in [0, 0.1) is 24.9 Å². The predicted octanol–water partition coefficient (Wildman–Crippen LogP) is 6.43. The van der Waals surface area contributed by atoms with E-state index in [4.69, 9.17) is 4.74 Å². The van der Waals surface area contributed by atoms with E-state index in [1.807, 2.05) is 31.2 Å². The third-order valence-electron chi connectivity index (χ3n) is 8.50. The maximum absolute atomic E-state index is 13.4. The number of carbonyl (C=O) groups excluding carboxylic acids is 3. The average molecular weight is 722 g/mol. The van der Waals surface area contributed by atoms with Crippen LogP contribution in [0.1, 0.15) is 56.6 Å². The Labute approximate surface area is 243 Å². The Morgan fingerprint density at radius 3 is 2.08 bits per heavy atom. The van der Waals surface area contributed by atoms with Gasteiger partial charge in [-0.15, -0.1) is 0 Å². The number of halogens is 2. The van der Waals surface area contributed by atoms with E-state index in [1.165, 1.54) is 44.1 Å². The summed E-state index contributed by atoms with van der Waals surface area (Å²) in [6.45, 7) is 2.47. The highest BCUT2D eigenvalue weighted by atomic mass is 127. The molecule has 0 radical (unpaired) electrons. The fraction of sp³-hybridized carbons (Fsp3) is 0.414. The van der Waals surface area contributed by atoms with Crippen LogP contribution < -0.4 is 15.0 Å². The van der Waals surface area contributed by atoms with Crippen molar-refractivity contribution in [3.8, 4) is 5.75 Å². The maximum Gasteiger partial charge on any atom is 0.335 e. The molecule has 6 nitrogen and oxygen atoms in total. The minimum atomic E-state index is -0.717. The molecule has 0 spiro atoms. The number of nitrogens with one attached hydrogen (secondary N) is 1. The topological polar surface area (TPSA) is 75.7 Å². The fourth-order valence-electron chi connectivity index (χ4n) is 7.43. The average Bonchev–Trinajstić information content (AvgIpc) is 2.83. The lowest BCUT2D eigenvalue weighted by molar-refractivity contribution is -0.122. The molecule has 8 heteroatoms. The summed E-state index contributed by atoms with van der Waals surface area (Å²) in [5, 5.41) is 2.34. The highest BCUT2D eigenvalue weighted by Gasteiger charge is 2.51. The number of amides is 4. The van der Waals surface area contributed by atoms with Gasteiger partial charge in [-0.3, -0.25) is 14.9 Å². The Morgan fingerprint density at radius 1 is 0.973 bits per heavy atom. The number of nitrogens with zero attached hydrogens (tertiary/aromatic N) is 1. The van der Waals surface area contributed by atoms with Gasteiger partial charge in [0.05, 0.1) is 19.4 Å². The molecule has 0 unspecified atom stereocenters. The van der Waals surface area contributed by atoms with E-state index >= 15 is 0 Å². The summed E-state index contributed by atoms with van der Waals surface area (Å²) >= 11 is 4.36. The summed E-state index contributed by atoms with van der Waals surface area (Å²) in [5.74, 6) is 2.00. The van der Waals surface area contributed by atoms with Crippen LogP contribution in [0.2, 0.25) is 0 Å². The molecule has 7 rings (SSSR count). The Balaban J connectivity index is 1.28. The van der Waals surface area contributed by atoms with E-state index in [1.54, 1.807) is 6.08 Å². The summed E-state index contributed by atoms with van der Waals surface area (Å²) in [6.07, 6.45) is 9.45. The number of benzene rings is 2. The number of carbonyl (C=O) groups is 3. The second-order valence-electron chi connectivity index (χ2n) is 10.9. The predicted molar refractivity (Wildman–Crippen MR) is 158 cm³/mol. The Morgan fingerprint density at radius 2 is 1.54 bits per heavy atom. The molecule has 37 heavy (non-hydrogen) atoms. The first-order valence-corrected chi connectivity index (χ1v) is 15.1. The summed E-state index contributed by atoms with van der Waals surface area (Å²) in [6, 6.07) is 10.9. The molecule has 4 amide bonds. The van der Waals surface area contributed by atoms with Gasteiger partial charge in [0.15, 0.2) is 0 Å². The van der Waals surface area contributed by atoms with Crippen molar-refractivity contribution in [2.75, 3.05) is 11.5 Å². The molecule has 4 bridgehead atoms. The quantitative estimate of drug-likeness (QED) is 0.220. The zero-order valence-corrected chi connectivity index (χ0v) is 24.9. The molecule has 1 N–H and O–H groups in total. The second-order valence-corrected chi connectivity index (χ2v) is 13.3. The zero-order chi connectivity index (χ0) is 25.9. The van der Waals surface area contributed by atoms with Crippen LogP contribution in [0.4, 0.5) is 10.5 Å². The number of urea groups is 1. The molecule has 0 aromatic heterocycles. The van der Waals surface area contributed by atoms with Crippen molar-refractivity contribution in [3.05, 3.63) is 60.2 Å². The van der Waals surface area contributed by atoms with E-state index in [0.717, 1.165) is 35.5 Å². The minimum absolute atomic E-state index is 0.0690. The monoisotopic (exact) mass is 722 g/mol. The van der Waals surface area contributed by atoms with Crippen LogP contribution in [0.25, 0.3) is 6.08 Å². The molecule has 5 aliphatic rings. The number of barbiturate groups is 1. The molecule has 4 saturated carbocycles. The van der Waals surface area contributed by atoms with Crippen LogP contribution in [0.5, 0.6) is 5.75 Å². The summed E-state index contributed by atoms with van der Waals surface area (Å²) in [4.78, 5) is 40.0. The van der Waals surface area contributed by atoms with Gasteiger partial charge in [0.1, 0.15) is 11.3 Å². The lowest BCUT2D eigenvalue weighted by atomic mass is 9.48. The summed E-state index contributed by atoms with van der Waals surface area (Å²) < 4.78 is 7.46. The number of ether oxygens (including phenoxy) is 1. The highest BCUT2D eigenvalue weighted by Crippen LogP contribution is 2.60. The second kappa shape index (κ2) is 9.66. The molecule has 5 fully saturated rings. The van der Waals surface area contributed by atoms with Crippen molar-refractivity contribution in [1.82, 2.24) is 5.32 Å². The number of rotatable bonds is 5. The molecule has 1 heterocycles. The third-order valence-corrected chi connectivity index (χ3v) is 10.1. The van der Waals surface area contributed by atoms with Gasteiger partial charge in [0.25, 0.3) is 11.8 Å². The van der Waals surface area contributed by atoms with Gasteiger partial charge in [-0.1, -0.05) is 12.1 Å². The van der Waals surface area contributed by atoms with Crippen LogP contribution in [-0.4, -0.2) is 24.5 Å². The highest BCUT2D eigenvalue weighted by molar-refractivity contribution is 14.1. The Kier molecular flexibility index (Phi) is 6.61. The minimum Gasteiger partial charge on any atom is -0.492 e. The van der Waals surface area contributed by atoms with Crippen LogP contribution in [-0.2, 0) is 15.0 Å². The van der Waals surface area contributed by atoms with Crippen molar-refractivity contribution in [2.24, 2.45) is 17.8 Å². The summed E-state index contributed by atoms with van der Waals surface area (Å²) in [5.41, 5.74) is 2.67. The Hall–Kier alpha value is -1.95. The van der Waals surface area contributed by atoms with E-state index in [2.05, 4.69) is 62.6 Å². The molecule has 192 valence electrons. The lowest BCUT2D eigenvalue weighted by Gasteiger charge is -2.57. The number of hydrogen-bond donors (Lipinski definition) is 1. The molecule has 4 aliphatic carbocycles. The van der Waals surface area contributed by atoms with Crippen LogP contribution in [0.3, 0.4) is 0 Å². The molecule has 1 saturated heterocycles. The summed E-state index contributed by atoms with van der Waals surface area (Å²) in [7, 11) is 0. The number of anilines is 1. The van der Waals surface area contributed by atoms with Crippen molar-refractivity contribution >= 4 is 74.8 Å². The first-order valence-electron chi connectivity index (χ1n) is 12.9. The van der Waals surface area contributed by atoms with Gasteiger partial charge in [-0.2, -0.15) is 0 Å². The van der Waals surface area contributed by atoms with Crippen molar-refractivity contribution < 1.29 is 19.1 Å². The molecule has 0 atom stereocenters. The van der Waals surface area contributed by atoms with Crippen molar-refractivity contribution in [2.45, 2.75) is 50.9 Å². The van der Waals surface area contributed by atoms with Gasteiger partial charge in [-0.25, -0.2) is 9.69 Å². The fourth-order valence-corrected chi connectivity index (χ4v) is 9.56. The van der Waals surface area contributed by atoms with Crippen molar-refractivity contribution in [1.29, 1.82) is 0 Å².